The Kier molecular flexibility index (Phi) is 5.25. The number of nitrogens with zero attached hydrogens (tertiary/aromatic N) is 1. The lowest BCUT2D eigenvalue weighted by Crippen LogP contribution is -2.39. The van der Waals surface area contributed by atoms with Crippen LogP contribution in [0.25, 0.3) is 0 Å². The molecule has 1 atom stereocenters. The van der Waals surface area contributed by atoms with Gasteiger partial charge in [-0.3, -0.25) is 9.59 Å². The lowest BCUT2D eigenvalue weighted by Gasteiger charge is -2.25. The van der Waals surface area contributed by atoms with Crippen molar-refractivity contribution in [3.63, 3.8) is 0 Å². The molecule has 29 heavy (non-hydrogen) atoms. The molecular weight excluding hydrogens is 394 g/mol. The van der Waals surface area contributed by atoms with Gasteiger partial charge in [0.15, 0.2) is 6.10 Å². The van der Waals surface area contributed by atoms with Gasteiger partial charge in [-0.05, 0) is 43.2 Å². The minimum atomic E-state index is -3.57. The predicted molar refractivity (Wildman–Crippen MR) is 107 cm³/mol. The summed E-state index contributed by atoms with van der Waals surface area (Å²) in [6.45, 7) is 1.02. The van der Waals surface area contributed by atoms with Crippen LogP contribution in [0.4, 0.5) is 11.4 Å². The van der Waals surface area contributed by atoms with Crippen molar-refractivity contribution in [2.75, 3.05) is 23.7 Å². The Hall–Kier alpha value is -2.91. The first-order chi connectivity index (χ1) is 13.9. The molecule has 0 unspecified atom stereocenters. The lowest BCUT2D eigenvalue weighted by molar-refractivity contribution is -0.128. The van der Waals surface area contributed by atoms with E-state index in [-0.39, 0.29) is 11.3 Å². The molecule has 2 N–H and O–H groups in total. The van der Waals surface area contributed by atoms with Gasteiger partial charge in [0.05, 0.1) is 17.0 Å². The maximum Gasteiger partial charge on any atom is 0.266 e. The fourth-order valence-corrected chi connectivity index (χ4v) is 4.98. The average molecular weight is 415 g/mol. The summed E-state index contributed by atoms with van der Waals surface area (Å²) in [5, 5.41) is 5.37. The number of fused-ring (bicyclic) bond motifs is 1. The molecule has 0 saturated carbocycles. The van der Waals surface area contributed by atoms with Crippen LogP contribution in [-0.4, -0.2) is 43.7 Å². The first kappa shape index (κ1) is 19.4. The van der Waals surface area contributed by atoms with E-state index >= 15 is 0 Å². The highest BCUT2D eigenvalue weighted by atomic mass is 32.2. The average Bonchev–Trinajstić information content (AvgIpc) is 3.24. The number of amides is 2. The SMILES string of the molecule is O=C(C[C@@H]1Oc2ccccc2NC1=O)Nc1cccc(S(=O)(=O)N2CCCC2)c1. The van der Waals surface area contributed by atoms with Crippen LogP contribution < -0.4 is 15.4 Å². The number of sulfonamides is 1. The molecule has 2 aliphatic heterocycles. The van der Waals surface area contributed by atoms with Gasteiger partial charge in [-0.25, -0.2) is 8.42 Å². The van der Waals surface area contributed by atoms with Gasteiger partial charge >= 0.3 is 0 Å². The van der Waals surface area contributed by atoms with Gasteiger partial charge in [0, 0.05) is 18.8 Å². The van der Waals surface area contributed by atoms with Gasteiger partial charge in [0.1, 0.15) is 5.75 Å². The number of carbonyl (C=O) groups is 2. The van der Waals surface area contributed by atoms with Crippen molar-refractivity contribution in [3.05, 3.63) is 48.5 Å². The van der Waals surface area contributed by atoms with Gasteiger partial charge < -0.3 is 15.4 Å². The molecule has 0 aromatic heterocycles. The number of nitrogens with one attached hydrogen (secondary N) is 2. The molecule has 2 aliphatic rings. The monoisotopic (exact) mass is 415 g/mol. The molecule has 4 rings (SSSR count). The topological polar surface area (TPSA) is 105 Å². The van der Waals surface area contributed by atoms with Crippen molar-refractivity contribution in [2.45, 2.75) is 30.3 Å². The second-order valence-corrected chi connectivity index (χ2v) is 8.92. The summed E-state index contributed by atoms with van der Waals surface area (Å²) in [4.78, 5) is 24.7. The van der Waals surface area contributed by atoms with Gasteiger partial charge in [-0.15, -0.1) is 0 Å². The molecular formula is C20H21N3O5S. The Morgan fingerprint density at radius 1 is 1.14 bits per heavy atom. The number of hydrogen-bond acceptors (Lipinski definition) is 5. The van der Waals surface area contributed by atoms with E-state index in [9.17, 15) is 18.0 Å². The molecule has 2 aromatic rings. The number of para-hydroxylation sites is 2. The molecule has 0 aliphatic carbocycles. The van der Waals surface area contributed by atoms with Crippen LogP contribution in [0.2, 0.25) is 0 Å². The zero-order chi connectivity index (χ0) is 20.4. The first-order valence-corrected chi connectivity index (χ1v) is 10.8. The van der Waals surface area contributed by atoms with Crippen molar-refractivity contribution in [1.29, 1.82) is 0 Å². The standard InChI is InChI=1S/C20H21N3O5S/c24-19(13-18-20(25)22-16-8-1-2-9-17(16)28-18)21-14-6-5-7-15(12-14)29(26,27)23-10-3-4-11-23/h1-2,5-9,12,18H,3-4,10-11,13H2,(H,21,24)(H,22,25)/t18-/m0/s1. The molecule has 152 valence electrons. The number of hydrogen-bond donors (Lipinski definition) is 2. The summed E-state index contributed by atoms with van der Waals surface area (Å²) in [7, 11) is -3.57. The molecule has 2 heterocycles. The van der Waals surface area contributed by atoms with E-state index in [0.717, 1.165) is 12.8 Å². The Morgan fingerprint density at radius 2 is 1.90 bits per heavy atom. The molecule has 2 aromatic carbocycles. The van der Waals surface area contributed by atoms with Crippen LogP contribution in [0, 0.1) is 0 Å². The Balaban J connectivity index is 1.43. The molecule has 2 amide bonds. The summed E-state index contributed by atoms with van der Waals surface area (Å²) in [6.07, 6.45) is 0.551. The Labute approximate surface area is 168 Å². The van der Waals surface area contributed by atoms with E-state index in [0.29, 0.717) is 30.2 Å². The van der Waals surface area contributed by atoms with Crippen molar-refractivity contribution >= 4 is 33.2 Å². The fourth-order valence-electron chi connectivity index (χ4n) is 3.42. The highest BCUT2D eigenvalue weighted by molar-refractivity contribution is 7.89. The minimum Gasteiger partial charge on any atom is -0.478 e. The normalized spacial score (nSPS) is 19.2. The van der Waals surface area contributed by atoms with E-state index in [2.05, 4.69) is 10.6 Å². The highest BCUT2D eigenvalue weighted by Gasteiger charge is 2.30. The highest BCUT2D eigenvalue weighted by Crippen LogP contribution is 2.30. The zero-order valence-corrected chi connectivity index (χ0v) is 16.4. The van der Waals surface area contributed by atoms with E-state index in [4.69, 9.17) is 4.74 Å². The Morgan fingerprint density at radius 3 is 2.69 bits per heavy atom. The Bertz CT molecular complexity index is 1050. The van der Waals surface area contributed by atoms with E-state index in [1.807, 2.05) is 0 Å². The van der Waals surface area contributed by atoms with Crippen molar-refractivity contribution in [1.82, 2.24) is 4.31 Å². The summed E-state index contributed by atoms with van der Waals surface area (Å²) < 4.78 is 32.5. The number of rotatable bonds is 5. The molecule has 1 saturated heterocycles. The van der Waals surface area contributed by atoms with Crippen LogP contribution in [0.15, 0.2) is 53.4 Å². The largest absolute Gasteiger partial charge is 0.478 e. The lowest BCUT2D eigenvalue weighted by atomic mass is 10.1. The minimum absolute atomic E-state index is 0.137. The van der Waals surface area contributed by atoms with Crippen molar-refractivity contribution in [3.8, 4) is 5.75 Å². The summed E-state index contributed by atoms with van der Waals surface area (Å²) in [6, 6.07) is 13.1. The summed E-state index contributed by atoms with van der Waals surface area (Å²) in [5.41, 5.74) is 0.917. The third kappa shape index (κ3) is 4.10. The number of benzene rings is 2. The number of anilines is 2. The smallest absolute Gasteiger partial charge is 0.266 e. The van der Waals surface area contributed by atoms with Crippen LogP contribution in [0.5, 0.6) is 5.75 Å². The van der Waals surface area contributed by atoms with Crippen molar-refractivity contribution < 1.29 is 22.7 Å². The van der Waals surface area contributed by atoms with Gasteiger partial charge in [-0.1, -0.05) is 18.2 Å². The fraction of sp³-hybridized carbons (Fsp3) is 0.300. The second kappa shape index (κ2) is 7.84. The van der Waals surface area contributed by atoms with E-state index in [1.54, 1.807) is 36.4 Å². The number of carbonyl (C=O) groups excluding carboxylic acids is 2. The molecule has 0 spiro atoms. The molecule has 0 bridgehead atoms. The maximum atomic E-state index is 12.7. The molecule has 8 nitrogen and oxygen atoms in total. The van der Waals surface area contributed by atoms with Gasteiger partial charge in [0.25, 0.3) is 5.91 Å². The maximum absolute atomic E-state index is 12.7. The van der Waals surface area contributed by atoms with E-state index < -0.39 is 27.9 Å². The van der Waals surface area contributed by atoms with Crippen LogP contribution in [-0.2, 0) is 19.6 Å². The summed E-state index contributed by atoms with van der Waals surface area (Å²) >= 11 is 0. The second-order valence-electron chi connectivity index (χ2n) is 6.98. The molecule has 9 heteroatoms. The number of ether oxygens (including phenoxy) is 1. The predicted octanol–water partition coefficient (Wildman–Crippen LogP) is 2.20. The molecule has 1 fully saturated rings. The summed E-state index contributed by atoms with van der Waals surface area (Å²) in [5.74, 6) is -0.340. The third-order valence-corrected chi connectivity index (χ3v) is 6.79. The van der Waals surface area contributed by atoms with E-state index in [1.165, 1.54) is 16.4 Å². The van der Waals surface area contributed by atoms with Crippen LogP contribution in [0.1, 0.15) is 19.3 Å². The third-order valence-electron chi connectivity index (χ3n) is 4.90. The quantitative estimate of drug-likeness (QED) is 0.779. The van der Waals surface area contributed by atoms with Crippen LogP contribution >= 0.6 is 0 Å². The van der Waals surface area contributed by atoms with Crippen molar-refractivity contribution in [2.24, 2.45) is 0 Å². The zero-order valence-electron chi connectivity index (χ0n) is 15.6. The molecule has 0 radical (unpaired) electrons. The first-order valence-electron chi connectivity index (χ1n) is 9.40. The van der Waals surface area contributed by atoms with Gasteiger partial charge in [-0.2, -0.15) is 4.31 Å². The van der Waals surface area contributed by atoms with Gasteiger partial charge in [0.2, 0.25) is 15.9 Å². The van der Waals surface area contributed by atoms with Crippen LogP contribution in [0.3, 0.4) is 0 Å².